The number of esters is 1. The summed E-state index contributed by atoms with van der Waals surface area (Å²) in [5.74, 6) is -0.445. The second kappa shape index (κ2) is 4.85. The summed E-state index contributed by atoms with van der Waals surface area (Å²) in [5.41, 5.74) is 1.56. The Labute approximate surface area is 94.1 Å². The predicted octanol–water partition coefficient (Wildman–Crippen LogP) is 2.33. The van der Waals surface area contributed by atoms with Crippen molar-refractivity contribution in [3.05, 3.63) is 28.8 Å². The first-order chi connectivity index (χ1) is 7.11. The van der Waals surface area contributed by atoms with Crippen LogP contribution in [-0.4, -0.2) is 12.6 Å². The molecule has 15 heavy (non-hydrogen) atoms. The number of rotatable bonds is 2. The summed E-state index contributed by atoms with van der Waals surface area (Å²) >= 11 is 4.17. The van der Waals surface area contributed by atoms with Crippen LogP contribution in [-0.2, 0) is 4.74 Å². The standard InChI is InChI=1S/C11H11NO2S/c1-3-14-11(13)8-5-4-7(2)9(6-12)10(8)15/h4-5,15H,3H2,1-2H3. The van der Waals surface area contributed by atoms with Gasteiger partial charge in [-0.05, 0) is 25.5 Å². The van der Waals surface area contributed by atoms with Crippen molar-refractivity contribution in [2.75, 3.05) is 6.61 Å². The molecule has 0 spiro atoms. The minimum Gasteiger partial charge on any atom is -0.462 e. The summed E-state index contributed by atoms with van der Waals surface area (Å²) < 4.78 is 4.85. The van der Waals surface area contributed by atoms with E-state index < -0.39 is 5.97 Å². The van der Waals surface area contributed by atoms with Crippen LogP contribution in [0.25, 0.3) is 0 Å². The van der Waals surface area contributed by atoms with Crippen LogP contribution in [0.15, 0.2) is 17.0 Å². The van der Waals surface area contributed by atoms with Gasteiger partial charge in [0.1, 0.15) is 6.07 Å². The number of thiol groups is 1. The van der Waals surface area contributed by atoms with E-state index in [0.29, 0.717) is 22.6 Å². The molecule has 0 aromatic heterocycles. The molecule has 1 aromatic rings. The molecule has 0 radical (unpaired) electrons. The fourth-order valence-corrected chi connectivity index (χ4v) is 1.60. The third kappa shape index (κ3) is 2.31. The Morgan fingerprint density at radius 1 is 1.60 bits per heavy atom. The van der Waals surface area contributed by atoms with Gasteiger partial charge in [0.25, 0.3) is 0 Å². The Morgan fingerprint density at radius 2 is 2.27 bits per heavy atom. The van der Waals surface area contributed by atoms with E-state index in [1.165, 1.54) is 0 Å². The lowest BCUT2D eigenvalue weighted by Crippen LogP contribution is -2.07. The summed E-state index contributed by atoms with van der Waals surface area (Å²) in [5, 5.41) is 8.88. The second-order valence-electron chi connectivity index (χ2n) is 2.99. The topological polar surface area (TPSA) is 50.1 Å². The third-order valence-corrected chi connectivity index (χ3v) is 2.46. The first-order valence-corrected chi connectivity index (χ1v) is 4.96. The van der Waals surface area contributed by atoms with Crippen LogP contribution in [0.5, 0.6) is 0 Å². The summed E-state index contributed by atoms with van der Waals surface area (Å²) in [6.07, 6.45) is 0. The average molecular weight is 221 g/mol. The van der Waals surface area contributed by atoms with E-state index in [2.05, 4.69) is 12.6 Å². The lowest BCUT2D eigenvalue weighted by Gasteiger charge is -2.07. The molecule has 0 aliphatic rings. The number of hydrogen-bond donors (Lipinski definition) is 1. The number of carbonyl (C=O) groups excluding carboxylic acids is 1. The van der Waals surface area contributed by atoms with Gasteiger partial charge in [0.05, 0.1) is 17.7 Å². The summed E-state index contributed by atoms with van der Waals surface area (Å²) in [4.78, 5) is 11.8. The first kappa shape index (κ1) is 11.6. The van der Waals surface area contributed by atoms with E-state index in [9.17, 15) is 4.79 Å². The van der Waals surface area contributed by atoms with Crippen LogP contribution in [0, 0.1) is 18.3 Å². The molecule has 0 aliphatic carbocycles. The van der Waals surface area contributed by atoms with Crippen LogP contribution < -0.4 is 0 Å². The number of ether oxygens (including phenoxy) is 1. The van der Waals surface area contributed by atoms with Crippen molar-refractivity contribution in [1.29, 1.82) is 5.26 Å². The van der Waals surface area contributed by atoms with Gasteiger partial charge in [-0.2, -0.15) is 5.26 Å². The van der Waals surface area contributed by atoms with Crippen LogP contribution in [0.4, 0.5) is 0 Å². The fraction of sp³-hybridized carbons (Fsp3) is 0.273. The minimum atomic E-state index is -0.445. The predicted molar refractivity (Wildman–Crippen MR) is 59.1 cm³/mol. The highest BCUT2D eigenvalue weighted by Gasteiger charge is 2.14. The molecule has 1 rings (SSSR count). The maximum absolute atomic E-state index is 11.5. The van der Waals surface area contributed by atoms with Crippen molar-refractivity contribution in [2.45, 2.75) is 18.7 Å². The van der Waals surface area contributed by atoms with Gasteiger partial charge in [-0.25, -0.2) is 4.79 Å². The number of nitrogens with zero attached hydrogens (tertiary/aromatic N) is 1. The van der Waals surface area contributed by atoms with Crippen LogP contribution in [0.1, 0.15) is 28.4 Å². The molecule has 0 bridgehead atoms. The van der Waals surface area contributed by atoms with Gasteiger partial charge >= 0.3 is 5.97 Å². The third-order valence-electron chi connectivity index (χ3n) is 1.99. The van der Waals surface area contributed by atoms with E-state index in [0.717, 1.165) is 5.56 Å². The van der Waals surface area contributed by atoms with Crippen LogP contribution >= 0.6 is 12.6 Å². The van der Waals surface area contributed by atoms with Gasteiger partial charge < -0.3 is 4.74 Å². The van der Waals surface area contributed by atoms with Gasteiger partial charge in [0.2, 0.25) is 0 Å². The molecule has 4 heteroatoms. The second-order valence-corrected chi connectivity index (χ2v) is 3.43. The molecule has 0 saturated heterocycles. The lowest BCUT2D eigenvalue weighted by atomic mass is 10.1. The number of benzene rings is 1. The first-order valence-electron chi connectivity index (χ1n) is 4.51. The zero-order valence-corrected chi connectivity index (χ0v) is 9.47. The van der Waals surface area contributed by atoms with Crippen molar-refractivity contribution in [2.24, 2.45) is 0 Å². The quantitative estimate of drug-likeness (QED) is 0.616. The summed E-state index contributed by atoms with van der Waals surface area (Å²) in [6, 6.07) is 5.35. The normalized spacial score (nSPS) is 9.47. The van der Waals surface area contributed by atoms with E-state index in [4.69, 9.17) is 10.00 Å². The molecule has 0 saturated carbocycles. The molecule has 0 unspecified atom stereocenters. The van der Waals surface area contributed by atoms with Crippen molar-refractivity contribution in [3.8, 4) is 6.07 Å². The SMILES string of the molecule is CCOC(=O)c1ccc(C)c(C#N)c1S. The fourth-order valence-electron chi connectivity index (χ4n) is 1.21. The van der Waals surface area contributed by atoms with E-state index >= 15 is 0 Å². The zero-order chi connectivity index (χ0) is 11.4. The van der Waals surface area contributed by atoms with Crippen LogP contribution in [0.2, 0.25) is 0 Å². The molecule has 0 amide bonds. The Balaban J connectivity index is 3.23. The number of hydrogen-bond acceptors (Lipinski definition) is 4. The Hall–Kier alpha value is -1.47. The Kier molecular flexibility index (Phi) is 3.75. The molecule has 0 N–H and O–H groups in total. The van der Waals surface area contributed by atoms with Crippen LogP contribution in [0.3, 0.4) is 0 Å². The van der Waals surface area contributed by atoms with Gasteiger partial charge in [0.15, 0.2) is 0 Å². The molecule has 3 nitrogen and oxygen atoms in total. The highest BCUT2D eigenvalue weighted by atomic mass is 32.1. The largest absolute Gasteiger partial charge is 0.462 e. The summed E-state index contributed by atoms with van der Waals surface area (Å²) in [7, 11) is 0. The molecule has 78 valence electrons. The molecular weight excluding hydrogens is 210 g/mol. The number of carbonyl (C=O) groups is 1. The molecule has 0 fully saturated rings. The maximum Gasteiger partial charge on any atom is 0.339 e. The number of nitriles is 1. The van der Waals surface area contributed by atoms with Gasteiger partial charge in [-0.15, -0.1) is 12.6 Å². The van der Waals surface area contributed by atoms with Gasteiger partial charge in [-0.1, -0.05) is 6.07 Å². The maximum atomic E-state index is 11.5. The highest BCUT2D eigenvalue weighted by Crippen LogP contribution is 2.22. The van der Waals surface area contributed by atoms with Gasteiger partial charge in [0, 0.05) is 4.90 Å². The molecular formula is C11H11NO2S. The van der Waals surface area contributed by atoms with E-state index in [1.807, 2.05) is 6.07 Å². The van der Waals surface area contributed by atoms with E-state index in [1.54, 1.807) is 26.0 Å². The molecule has 0 atom stereocenters. The Bertz CT molecular complexity index is 435. The molecule has 0 heterocycles. The minimum absolute atomic E-state index is 0.307. The highest BCUT2D eigenvalue weighted by molar-refractivity contribution is 7.80. The van der Waals surface area contributed by atoms with Crippen molar-refractivity contribution in [3.63, 3.8) is 0 Å². The zero-order valence-electron chi connectivity index (χ0n) is 8.57. The van der Waals surface area contributed by atoms with Gasteiger partial charge in [-0.3, -0.25) is 0 Å². The van der Waals surface area contributed by atoms with E-state index in [-0.39, 0.29) is 0 Å². The average Bonchev–Trinajstić information content (AvgIpc) is 2.18. The lowest BCUT2D eigenvalue weighted by molar-refractivity contribution is 0.0522. The van der Waals surface area contributed by atoms with Crippen molar-refractivity contribution < 1.29 is 9.53 Å². The smallest absolute Gasteiger partial charge is 0.339 e. The molecule has 1 aromatic carbocycles. The van der Waals surface area contributed by atoms with Crippen molar-refractivity contribution >= 4 is 18.6 Å². The summed E-state index contributed by atoms with van der Waals surface area (Å²) in [6.45, 7) is 3.84. The van der Waals surface area contributed by atoms with Crippen molar-refractivity contribution in [1.82, 2.24) is 0 Å². The monoisotopic (exact) mass is 221 g/mol. The number of aryl methyl sites for hydroxylation is 1. The Morgan fingerprint density at radius 3 is 2.80 bits per heavy atom. The molecule has 0 aliphatic heterocycles.